The molecule has 0 unspecified atom stereocenters. The lowest BCUT2D eigenvalue weighted by Crippen LogP contribution is -2.06. The molecule has 130 valence electrons. The zero-order valence-electron chi connectivity index (χ0n) is 14.2. The molecule has 3 rings (SSSR count). The second-order valence-electron chi connectivity index (χ2n) is 5.55. The number of hydrogen-bond donors (Lipinski definition) is 2. The quantitative estimate of drug-likeness (QED) is 0.517. The fourth-order valence-electron chi connectivity index (χ4n) is 2.45. The first-order valence-corrected chi connectivity index (χ1v) is 8.04. The Kier molecular flexibility index (Phi) is 5.29. The van der Waals surface area contributed by atoms with Crippen LogP contribution in [-0.2, 0) is 0 Å². The number of benzene rings is 3. The van der Waals surface area contributed by atoms with Crippen LogP contribution in [0.15, 0.2) is 84.0 Å². The Morgan fingerprint density at radius 2 is 1.42 bits per heavy atom. The van der Waals surface area contributed by atoms with Gasteiger partial charge in [0.1, 0.15) is 5.75 Å². The highest BCUT2D eigenvalue weighted by Gasteiger charge is 2.08. The summed E-state index contributed by atoms with van der Waals surface area (Å²) in [4.78, 5) is 10.9. The van der Waals surface area contributed by atoms with Gasteiger partial charge < -0.3 is 9.84 Å². The summed E-state index contributed by atoms with van der Waals surface area (Å²) in [5, 5.41) is 13.5. The van der Waals surface area contributed by atoms with E-state index in [2.05, 4.69) is 10.5 Å². The van der Waals surface area contributed by atoms with Crippen molar-refractivity contribution in [3.63, 3.8) is 0 Å². The van der Waals surface area contributed by atoms with Crippen LogP contribution in [-0.4, -0.2) is 23.9 Å². The summed E-state index contributed by atoms with van der Waals surface area (Å²) in [5.74, 6) is -0.179. The van der Waals surface area contributed by atoms with E-state index in [1.807, 2.05) is 54.6 Å². The van der Waals surface area contributed by atoms with Crippen molar-refractivity contribution in [1.82, 2.24) is 0 Å². The van der Waals surface area contributed by atoms with Crippen LogP contribution < -0.4 is 10.2 Å². The van der Waals surface area contributed by atoms with E-state index in [1.165, 1.54) is 12.1 Å². The van der Waals surface area contributed by atoms with Gasteiger partial charge in [-0.05, 0) is 48.5 Å². The Morgan fingerprint density at radius 1 is 0.846 bits per heavy atom. The Labute approximate surface area is 151 Å². The molecule has 26 heavy (non-hydrogen) atoms. The summed E-state index contributed by atoms with van der Waals surface area (Å²) >= 11 is 0. The topological polar surface area (TPSA) is 70.9 Å². The summed E-state index contributed by atoms with van der Waals surface area (Å²) in [6.45, 7) is 0. The van der Waals surface area contributed by atoms with Crippen LogP contribution in [0.2, 0.25) is 0 Å². The molecule has 5 heteroatoms. The van der Waals surface area contributed by atoms with Crippen LogP contribution in [0.4, 0.5) is 5.69 Å². The number of carboxylic acids is 1. The predicted octanol–water partition coefficient (Wildman–Crippen LogP) is 4.26. The van der Waals surface area contributed by atoms with E-state index in [1.54, 1.807) is 19.2 Å². The lowest BCUT2D eigenvalue weighted by molar-refractivity contribution is 0.0697. The number of methoxy groups -OCH3 is 1. The average molecular weight is 346 g/mol. The Hall–Kier alpha value is -3.60. The van der Waals surface area contributed by atoms with Crippen LogP contribution in [0.1, 0.15) is 21.5 Å². The molecule has 3 aromatic carbocycles. The van der Waals surface area contributed by atoms with Crippen molar-refractivity contribution < 1.29 is 14.6 Å². The zero-order chi connectivity index (χ0) is 18.4. The highest BCUT2D eigenvalue weighted by Crippen LogP contribution is 2.17. The normalized spacial score (nSPS) is 11.0. The van der Waals surface area contributed by atoms with Gasteiger partial charge in [0.05, 0.1) is 24.1 Å². The minimum absolute atomic E-state index is 0.234. The third kappa shape index (κ3) is 4.08. The average Bonchev–Trinajstić information content (AvgIpc) is 2.70. The molecule has 2 N–H and O–H groups in total. The van der Waals surface area contributed by atoms with Gasteiger partial charge in [0.15, 0.2) is 0 Å². The van der Waals surface area contributed by atoms with Gasteiger partial charge >= 0.3 is 5.97 Å². The van der Waals surface area contributed by atoms with Crippen molar-refractivity contribution in [2.45, 2.75) is 0 Å². The maximum atomic E-state index is 10.9. The number of carboxylic acid groups (broad SMARTS) is 1. The first-order chi connectivity index (χ1) is 12.7. The zero-order valence-corrected chi connectivity index (χ0v) is 14.2. The number of rotatable bonds is 6. The Balaban J connectivity index is 1.92. The maximum absolute atomic E-state index is 10.9. The minimum Gasteiger partial charge on any atom is -0.497 e. The summed E-state index contributed by atoms with van der Waals surface area (Å²) in [6, 6.07) is 23.9. The smallest absolute Gasteiger partial charge is 0.335 e. The third-order valence-electron chi connectivity index (χ3n) is 3.84. The van der Waals surface area contributed by atoms with Gasteiger partial charge in [-0.2, -0.15) is 5.10 Å². The molecule has 3 aromatic rings. The van der Waals surface area contributed by atoms with E-state index in [4.69, 9.17) is 9.84 Å². The number of ether oxygens (including phenoxy) is 1. The molecule has 0 aromatic heterocycles. The van der Waals surface area contributed by atoms with E-state index < -0.39 is 5.97 Å². The molecule has 5 nitrogen and oxygen atoms in total. The Morgan fingerprint density at radius 3 is 2.00 bits per heavy atom. The van der Waals surface area contributed by atoms with Gasteiger partial charge in [-0.1, -0.05) is 30.3 Å². The third-order valence-corrected chi connectivity index (χ3v) is 3.84. The second kappa shape index (κ2) is 7.98. The van der Waals surface area contributed by atoms with Crippen LogP contribution in [0.3, 0.4) is 0 Å². The molecule has 0 aliphatic heterocycles. The number of hydrazone groups is 1. The van der Waals surface area contributed by atoms with Crippen molar-refractivity contribution in [1.29, 1.82) is 0 Å². The van der Waals surface area contributed by atoms with Crippen LogP contribution in [0.5, 0.6) is 5.75 Å². The molecule has 0 heterocycles. The standard InChI is InChI=1S/C21H18N2O3/c1-26-19-13-9-16(10-14-19)20(15-5-3-2-4-6-15)23-22-18-11-7-17(8-12-18)21(24)25/h2-14,22H,1H3,(H,24,25). The van der Waals surface area contributed by atoms with Crippen molar-refractivity contribution in [2.24, 2.45) is 5.10 Å². The predicted molar refractivity (Wildman–Crippen MR) is 102 cm³/mol. The van der Waals surface area contributed by atoms with Crippen molar-refractivity contribution >= 4 is 17.4 Å². The first kappa shape index (κ1) is 17.2. The first-order valence-electron chi connectivity index (χ1n) is 8.04. The van der Waals surface area contributed by atoms with Crippen molar-refractivity contribution in [2.75, 3.05) is 12.5 Å². The molecule has 0 fully saturated rings. The number of nitrogens with one attached hydrogen (secondary N) is 1. The number of nitrogens with zero attached hydrogens (tertiary/aromatic N) is 1. The lowest BCUT2D eigenvalue weighted by Gasteiger charge is -2.09. The maximum Gasteiger partial charge on any atom is 0.335 e. The summed E-state index contributed by atoms with van der Waals surface area (Å²) in [5.41, 5.74) is 6.62. The Bertz CT molecular complexity index is 902. The molecule has 0 saturated carbocycles. The highest BCUT2D eigenvalue weighted by atomic mass is 16.5. The van der Waals surface area contributed by atoms with Gasteiger partial charge in [-0.25, -0.2) is 4.79 Å². The van der Waals surface area contributed by atoms with E-state index in [-0.39, 0.29) is 5.56 Å². The highest BCUT2D eigenvalue weighted by molar-refractivity contribution is 6.13. The molecule has 0 aliphatic carbocycles. The van der Waals surface area contributed by atoms with Gasteiger partial charge in [0.2, 0.25) is 0 Å². The second-order valence-corrected chi connectivity index (χ2v) is 5.55. The van der Waals surface area contributed by atoms with E-state index in [0.717, 1.165) is 22.6 Å². The van der Waals surface area contributed by atoms with Gasteiger partial charge in [0.25, 0.3) is 0 Å². The van der Waals surface area contributed by atoms with E-state index in [9.17, 15) is 4.79 Å². The number of aromatic carboxylic acids is 1. The minimum atomic E-state index is -0.955. The van der Waals surface area contributed by atoms with Crippen LogP contribution in [0, 0.1) is 0 Å². The molecular formula is C21H18N2O3. The van der Waals surface area contributed by atoms with E-state index in [0.29, 0.717) is 5.69 Å². The lowest BCUT2D eigenvalue weighted by atomic mass is 10.0. The van der Waals surface area contributed by atoms with Crippen molar-refractivity contribution in [3.05, 3.63) is 95.6 Å². The molecule has 0 bridgehead atoms. The summed E-state index contributed by atoms with van der Waals surface area (Å²) in [6.07, 6.45) is 0. The van der Waals surface area contributed by atoms with Crippen molar-refractivity contribution in [3.8, 4) is 5.75 Å². The molecule has 0 saturated heterocycles. The summed E-state index contributed by atoms with van der Waals surface area (Å²) in [7, 11) is 1.63. The van der Waals surface area contributed by atoms with Gasteiger partial charge in [-0.3, -0.25) is 5.43 Å². The summed E-state index contributed by atoms with van der Waals surface area (Å²) < 4.78 is 5.21. The fraction of sp³-hybridized carbons (Fsp3) is 0.0476. The molecule has 0 atom stereocenters. The molecule has 0 spiro atoms. The molecular weight excluding hydrogens is 328 g/mol. The number of hydrogen-bond acceptors (Lipinski definition) is 4. The van der Waals surface area contributed by atoms with E-state index >= 15 is 0 Å². The molecule has 0 aliphatic rings. The molecule has 0 amide bonds. The van der Waals surface area contributed by atoms with Gasteiger partial charge in [0, 0.05) is 11.1 Å². The van der Waals surface area contributed by atoms with Crippen LogP contribution >= 0.6 is 0 Å². The number of anilines is 1. The van der Waals surface area contributed by atoms with Crippen LogP contribution in [0.25, 0.3) is 0 Å². The largest absolute Gasteiger partial charge is 0.497 e. The SMILES string of the molecule is COc1ccc(C(=NNc2ccc(C(=O)O)cc2)c2ccccc2)cc1. The number of carbonyl (C=O) groups is 1. The molecule has 0 radical (unpaired) electrons. The van der Waals surface area contributed by atoms with Gasteiger partial charge in [-0.15, -0.1) is 0 Å². The monoisotopic (exact) mass is 346 g/mol. The fourth-order valence-corrected chi connectivity index (χ4v) is 2.45.